The van der Waals surface area contributed by atoms with E-state index in [4.69, 9.17) is 0 Å². The molecule has 1 saturated carbocycles. The summed E-state index contributed by atoms with van der Waals surface area (Å²) in [5.41, 5.74) is 1.16. The maximum absolute atomic E-state index is 4.17. The van der Waals surface area contributed by atoms with E-state index in [0.29, 0.717) is 5.92 Å². The average molecular weight is 251 g/mol. The zero-order chi connectivity index (χ0) is 8.67. The largest absolute Gasteiger partial charge is 0.316 e. The van der Waals surface area contributed by atoms with E-state index >= 15 is 0 Å². The van der Waals surface area contributed by atoms with E-state index < -0.39 is 0 Å². The fraction of sp³-hybridized carbons (Fsp3) is 0.778. The van der Waals surface area contributed by atoms with Gasteiger partial charge in [-0.3, -0.25) is 0 Å². The standard InChI is InChI=1S/C9H14N4.2ClH/c1-6(9-5-11-13-12-9)2-8-4-10-3-7(1)8;;/h5-8,10H,1-4H2,(H,11,12,13);2*1H. The first-order valence-corrected chi connectivity index (χ1v) is 5.00. The highest BCUT2D eigenvalue weighted by Gasteiger charge is 2.38. The number of hydrogen-bond acceptors (Lipinski definition) is 3. The Balaban J connectivity index is 0.000000562. The van der Waals surface area contributed by atoms with E-state index in [2.05, 4.69) is 20.7 Å². The topological polar surface area (TPSA) is 53.6 Å². The van der Waals surface area contributed by atoms with Gasteiger partial charge in [0.15, 0.2) is 0 Å². The highest BCUT2D eigenvalue weighted by Crippen LogP contribution is 2.42. The number of hydrogen-bond donors (Lipinski definition) is 2. The van der Waals surface area contributed by atoms with Crippen molar-refractivity contribution in [2.75, 3.05) is 13.1 Å². The molecule has 6 heteroatoms. The normalized spacial score (nSPS) is 32.9. The van der Waals surface area contributed by atoms with Crippen LogP contribution in [0.2, 0.25) is 0 Å². The molecule has 86 valence electrons. The molecule has 0 spiro atoms. The average Bonchev–Trinajstić information content (AvgIpc) is 2.78. The summed E-state index contributed by atoms with van der Waals surface area (Å²) in [5.74, 6) is 2.44. The van der Waals surface area contributed by atoms with Gasteiger partial charge in [-0.1, -0.05) is 0 Å². The van der Waals surface area contributed by atoms with Gasteiger partial charge in [-0.05, 0) is 37.8 Å². The van der Waals surface area contributed by atoms with Crippen LogP contribution in [0.15, 0.2) is 6.20 Å². The molecule has 0 radical (unpaired) electrons. The van der Waals surface area contributed by atoms with E-state index in [1.807, 2.05) is 6.20 Å². The molecule has 1 aromatic heterocycles. The van der Waals surface area contributed by atoms with Crippen molar-refractivity contribution in [1.29, 1.82) is 0 Å². The molecule has 4 nitrogen and oxygen atoms in total. The maximum Gasteiger partial charge on any atom is 0.0855 e. The molecule has 0 bridgehead atoms. The summed E-state index contributed by atoms with van der Waals surface area (Å²) in [6.45, 7) is 2.41. The number of aromatic nitrogens is 3. The van der Waals surface area contributed by atoms with E-state index in [9.17, 15) is 0 Å². The zero-order valence-corrected chi connectivity index (χ0v) is 9.98. The van der Waals surface area contributed by atoms with Crippen LogP contribution in [0, 0.1) is 11.8 Å². The second kappa shape index (κ2) is 5.14. The molecule has 1 aromatic rings. The Morgan fingerprint density at radius 3 is 2.33 bits per heavy atom. The van der Waals surface area contributed by atoms with Crippen LogP contribution in [0.3, 0.4) is 0 Å². The van der Waals surface area contributed by atoms with Crippen LogP contribution in [-0.2, 0) is 0 Å². The number of halogens is 2. The summed E-state index contributed by atoms with van der Waals surface area (Å²) in [4.78, 5) is 0. The predicted octanol–water partition coefficient (Wildman–Crippen LogP) is 1.36. The Kier molecular flexibility index (Phi) is 4.37. The molecule has 1 saturated heterocycles. The first-order valence-electron chi connectivity index (χ1n) is 5.00. The lowest BCUT2D eigenvalue weighted by atomic mass is 10.0. The van der Waals surface area contributed by atoms with Gasteiger partial charge in [0, 0.05) is 5.92 Å². The van der Waals surface area contributed by atoms with Crippen LogP contribution >= 0.6 is 24.8 Å². The van der Waals surface area contributed by atoms with Crippen molar-refractivity contribution in [3.05, 3.63) is 11.9 Å². The molecule has 2 atom stereocenters. The van der Waals surface area contributed by atoms with E-state index in [0.717, 1.165) is 17.5 Å². The van der Waals surface area contributed by atoms with Gasteiger partial charge < -0.3 is 5.32 Å². The third-order valence-electron chi connectivity index (χ3n) is 3.51. The third-order valence-corrected chi connectivity index (χ3v) is 3.51. The number of H-pyrrole nitrogens is 1. The molecule has 0 aromatic carbocycles. The zero-order valence-electron chi connectivity index (χ0n) is 8.35. The molecular formula is C9H16Cl2N4. The fourth-order valence-electron chi connectivity index (χ4n) is 2.81. The summed E-state index contributed by atoms with van der Waals surface area (Å²) in [6.07, 6.45) is 4.47. The lowest BCUT2D eigenvalue weighted by Crippen LogP contribution is -2.11. The van der Waals surface area contributed by atoms with Crippen LogP contribution in [-0.4, -0.2) is 28.5 Å². The summed E-state index contributed by atoms with van der Waals surface area (Å²) in [6, 6.07) is 0. The molecule has 15 heavy (non-hydrogen) atoms. The Morgan fingerprint density at radius 2 is 1.80 bits per heavy atom. The van der Waals surface area contributed by atoms with Crippen molar-refractivity contribution < 1.29 is 0 Å². The van der Waals surface area contributed by atoms with E-state index in [1.54, 1.807) is 0 Å². The van der Waals surface area contributed by atoms with Crippen molar-refractivity contribution >= 4 is 24.8 Å². The minimum Gasteiger partial charge on any atom is -0.316 e. The molecule has 3 rings (SSSR count). The quantitative estimate of drug-likeness (QED) is 0.792. The van der Waals surface area contributed by atoms with Crippen LogP contribution in [0.25, 0.3) is 0 Å². The molecule has 2 N–H and O–H groups in total. The Hall–Kier alpha value is -0.320. The number of nitrogens with zero attached hydrogens (tertiary/aromatic N) is 2. The smallest absolute Gasteiger partial charge is 0.0855 e. The van der Waals surface area contributed by atoms with Crippen LogP contribution < -0.4 is 5.32 Å². The Labute approximate surface area is 101 Å². The molecule has 2 fully saturated rings. The van der Waals surface area contributed by atoms with Gasteiger partial charge in [0.25, 0.3) is 0 Å². The van der Waals surface area contributed by atoms with Crippen LogP contribution in [0.4, 0.5) is 0 Å². The highest BCUT2D eigenvalue weighted by molar-refractivity contribution is 5.85. The third kappa shape index (κ3) is 2.27. The summed E-state index contributed by atoms with van der Waals surface area (Å²) >= 11 is 0. The summed E-state index contributed by atoms with van der Waals surface area (Å²) in [7, 11) is 0. The minimum absolute atomic E-state index is 0. The minimum atomic E-state index is 0. The molecule has 1 aliphatic heterocycles. The Bertz CT molecular complexity index is 278. The number of fused-ring (bicyclic) bond motifs is 1. The molecule has 2 aliphatic rings. The summed E-state index contributed by atoms with van der Waals surface area (Å²) < 4.78 is 0. The van der Waals surface area contributed by atoms with Gasteiger partial charge >= 0.3 is 0 Å². The fourth-order valence-corrected chi connectivity index (χ4v) is 2.81. The monoisotopic (exact) mass is 250 g/mol. The maximum atomic E-state index is 4.17. The Morgan fingerprint density at radius 1 is 1.13 bits per heavy atom. The molecular weight excluding hydrogens is 235 g/mol. The second-order valence-electron chi connectivity index (χ2n) is 4.24. The van der Waals surface area contributed by atoms with Crippen molar-refractivity contribution in [1.82, 2.24) is 20.7 Å². The molecule has 2 unspecified atom stereocenters. The van der Waals surface area contributed by atoms with Gasteiger partial charge in [0.1, 0.15) is 0 Å². The van der Waals surface area contributed by atoms with E-state index in [1.165, 1.54) is 25.9 Å². The second-order valence-corrected chi connectivity index (χ2v) is 4.24. The summed E-state index contributed by atoms with van der Waals surface area (Å²) in [5, 5.41) is 14.2. The van der Waals surface area contributed by atoms with Crippen molar-refractivity contribution in [2.45, 2.75) is 18.8 Å². The highest BCUT2D eigenvalue weighted by atomic mass is 35.5. The SMILES string of the molecule is Cl.Cl.c1n[nH]nc1C1CC2CNCC2C1. The van der Waals surface area contributed by atoms with Gasteiger partial charge in [-0.2, -0.15) is 15.4 Å². The van der Waals surface area contributed by atoms with Crippen LogP contribution in [0.5, 0.6) is 0 Å². The molecule has 0 amide bonds. The van der Waals surface area contributed by atoms with Gasteiger partial charge in [-0.25, -0.2) is 0 Å². The van der Waals surface area contributed by atoms with E-state index in [-0.39, 0.29) is 24.8 Å². The first kappa shape index (κ1) is 12.7. The molecule has 1 aliphatic carbocycles. The lowest BCUT2D eigenvalue weighted by Gasteiger charge is -2.05. The predicted molar refractivity (Wildman–Crippen MR) is 62.7 cm³/mol. The molecule has 2 heterocycles. The van der Waals surface area contributed by atoms with Crippen molar-refractivity contribution in [3.63, 3.8) is 0 Å². The van der Waals surface area contributed by atoms with Gasteiger partial charge in [0.2, 0.25) is 0 Å². The van der Waals surface area contributed by atoms with Crippen LogP contribution in [0.1, 0.15) is 24.5 Å². The number of aromatic amines is 1. The number of nitrogens with one attached hydrogen (secondary N) is 2. The van der Waals surface area contributed by atoms with Gasteiger partial charge in [-0.15, -0.1) is 24.8 Å². The lowest BCUT2D eigenvalue weighted by molar-refractivity contribution is 0.494. The van der Waals surface area contributed by atoms with Crippen molar-refractivity contribution in [2.24, 2.45) is 11.8 Å². The van der Waals surface area contributed by atoms with Crippen molar-refractivity contribution in [3.8, 4) is 0 Å². The van der Waals surface area contributed by atoms with Gasteiger partial charge in [0.05, 0.1) is 11.9 Å². The first-order chi connectivity index (χ1) is 6.43. The number of rotatable bonds is 1.